The molecule has 2 aromatic carbocycles. The zero-order valence-corrected chi connectivity index (χ0v) is 17.0. The molecule has 31 heavy (non-hydrogen) atoms. The van der Waals surface area contributed by atoms with Crippen LogP contribution in [0.2, 0.25) is 0 Å². The number of pyridine rings is 1. The molecule has 1 atom stereocenters. The first-order valence-corrected chi connectivity index (χ1v) is 9.55. The molecular formula is C24H20N2O5. The van der Waals surface area contributed by atoms with Crippen molar-refractivity contribution < 1.29 is 24.2 Å². The minimum Gasteiger partial charge on any atom is -0.507 e. The maximum Gasteiger partial charge on any atom is 0.301 e. The van der Waals surface area contributed by atoms with Crippen molar-refractivity contribution >= 4 is 23.3 Å². The number of ether oxygens (including phenoxy) is 2. The molecule has 156 valence electrons. The normalized spacial score (nSPS) is 17.6. The van der Waals surface area contributed by atoms with Crippen molar-refractivity contribution in [3.63, 3.8) is 0 Å². The largest absolute Gasteiger partial charge is 0.507 e. The van der Waals surface area contributed by atoms with Gasteiger partial charge in [0, 0.05) is 11.8 Å². The molecule has 1 aliphatic heterocycles. The summed E-state index contributed by atoms with van der Waals surface area (Å²) in [5.74, 6) is -0.363. The molecule has 2 heterocycles. The summed E-state index contributed by atoms with van der Waals surface area (Å²) in [6.45, 7) is 0. The lowest BCUT2D eigenvalue weighted by Gasteiger charge is -2.24. The summed E-state index contributed by atoms with van der Waals surface area (Å²) in [4.78, 5) is 31.7. The highest BCUT2D eigenvalue weighted by Crippen LogP contribution is 2.42. The zero-order valence-electron chi connectivity index (χ0n) is 17.0. The molecule has 1 aromatic heterocycles. The van der Waals surface area contributed by atoms with Gasteiger partial charge in [-0.05, 0) is 42.0 Å². The van der Waals surface area contributed by atoms with Gasteiger partial charge in [0.15, 0.2) is 0 Å². The molecule has 0 bridgehead atoms. The number of hydrogen-bond acceptors (Lipinski definition) is 6. The maximum atomic E-state index is 13.1. The Morgan fingerprint density at radius 1 is 0.935 bits per heavy atom. The van der Waals surface area contributed by atoms with Crippen LogP contribution in [0.1, 0.15) is 17.2 Å². The van der Waals surface area contributed by atoms with Crippen molar-refractivity contribution in [2.75, 3.05) is 19.1 Å². The van der Waals surface area contributed by atoms with E-state index in [0.717, 1.165) is 0 Å². The Hall–Kier alpha value is -4.13. The van der Waals surface area contributed by atoms with Crippen LogP contribution in [0.5, 0.6) is 11.5 Å². The molecule has 1 N–H and O–H groups in total. The number of ketones is 1. The lowest BCUT2D eigenvalue weighted by Crippen LogP contribution is -2.30. The number of hydrogen-bond donors (Lipinski definition) is 1. The van der Waals surface area contributed by atoms with Crippen LogP contribution in [0.4, 0.5) is 5.82 Å². The van der Waals surface area contributed by atoms with Gasteiger partial charge in [0.05, 0.1) is 25.8 Å². The molecule has 0 radical (unpaired) electrons. The fraction of sp³-hybridized carbons (Fsp3) is 0.125. The quantitative estimate of drug-likeness (QED) is 0.387. The average Bonchev–Trinajstić information content (AvgIpc) is 3.09. The molecule has 1 amide bonds. The third kappa shape index (κ3) is 3.61. The van der Waals surface area contributed by atoms with Gasteiger partial charge >= 0.3 is 5.91 Å². The number of nitrogens with zero attached hydrogens (tertiary/aromatic N) is 2. The standard InChI is InChI=1S/C24H20N2O5/c1-30-17-11-9-15(10-12-17)21-20(22(27)16-6-5-7-18(14-16)31-2)23(28)24(29)26(21)19-8-3-4-13-25-19/h3-14,21,27H,1-2H3/b22-20+/t21-/m0/s1. The molecule has 0 unspecified atom stereocenters. The lowest BCUT2D eigenvalue weighted by atomic mass is 9.95. The summed E-state index contributed by atoms with van der Waals surface area (Å²) < 4.78 is 10.4. The number of methoxy groups -OCH3 is 2. The van der Waals surface area contributed by atoms with E-state index < -0.39 is 17.7 Å². The van der Waals surface area contributed by atoms with E-state index in [1.165, 1.54) is 12.0 Å². The minimum atomic E-state index is -0.855. The first-order valence-electron chi connectivity index (χ1n) is 9.55. The Balaban J connectivity index is 1.93. The van der Waals surface area contributed by atoms with Crippen LogP contribution in [-0.4, -0.2) is 36.0 Å². The Morgan fingerprint density at radius 3 is 2.32 bits per heavy atom. The van der Waals surface area contributed by atoms with Crippen molar-refractivity contribution in [1.82, 2.24) is 4.98 Å². The summed E-state index contributed by atoms with van der Waals surface area (Å²) >= 11 is 0. The van der Waals surface area contributed by atoms with Crippen LogP contribution in [0, 0.1) is 0 Å². The summed E-state index contributed by atoms with van der Waals surface area (Å²) in [5, 5.41) is 11.1. The van der Waals surface area contributed by atoms with Crippen molar-refractivity contribution in [3.05, 3.63) is 89.6 Å². The smallest absolute Gasteiger partial charge is 0.301 e. The van der Waals surface area contributed by atoms with Gasteiger partial charge in [-0.15, -0.1) is 0 Å². The molecule has 1 aliphatic rings. The van der Waals surface area contributed by atoms with Crippen LogP contribution in [0.15, 0.2) is 78.5 Å². The number of amides is 1. The van der Waals surface area contributed by atoms with E-state index in [2.05, 4.69) is 4.98 Å². The van der Waals surface area contributed by atoms with Gasteiger partial charge in [0.1, 0.15) is 23.1 Å². The lowest BCUT2D eigenvalue weighted by molar-refractivity contribution is -0.132. The third-order valence-corrected chi connectivity index (χ3v) is 5.12. The van der Waals surface area contributed by atoms with Crippen molar-refractivity contribution in [1.29, 1.82) is 0 Å². The number of aliphatic hydroxyl groups excluding tert-OH is 1. The molecule has 1 saturated heterocycles. The number of aliphatic hydroxyl groups is 1. The molecule has 0 aliphatic carbocycles. The van der Waals surface area contributed by atoms with Crippen LogP contribution in [0.25, 0.3) is 5.76 Å². The zero-order chi connectivity index (χ0) is 22.0. The van der Waals surface area contributed by atoms with E-state index in [4.69, 9.17) is 9.47 Å². The number of Topliss-reactive ketones (excluding diaryl/α,β-unsaturated/α-hetero) is 1. The fourth-order valence-corrected chi connectivity index (χ4v) is 3.59. The number of aromatic nitrogens is 1. The number of carbonyl (C=O) groups is 2. The van der Waals surface area contributed by atoms with E-state index in [1.54, 1.807) is 80.0 Å². The highest BCUT2D eigenvalue weighted by Gasteiger charge is 2.47. The molecule has 0 spiro atoms. The molecule has 3 aromatic rings. The summed E-state index contributed by atoms with van der Waals surface area (Å²) in [6.07, 6.45) is 1.54. The summed E-state index contributed by atoms with van der Waals surface area (Å²) in [6, 6.07) is 17.9. The third-order valence-electron chi connectivity index (χ3n) is 5.12. The second-order valence-corrected chi connectivity index (χ2v) is 6.86. The predicted octanol–water partition coefficient (Wildman–Crippen LogP) is 3.73. The van der Waals surface area contributed by atoms with Gasteiger partial charge in [0.25, 0.3) is 5.78 Å². The highest BCUT2D eigenvalue weighted by atomic mass is 16.5. The van der Waals surface area contributed by atoms with Gasteiger partial charge in [-0.1, -0.05) is 30.3 Å². The second kappa shape index (κ2) is 8.31. The average molecular weight is 416 g/mol. The van der Waals surface area contributed by atoms with Crippen LogP contribution >= 0.6 is 0 Å². The van der Waals surface area contributed by atoms with Gasteiger partial charge in [-0.3, -0.25) is 14.5 Å². The van der Waals surface area contributed by atoms with Gasteiger partial charge < -0.3 is 14.6 Å². The van der Waals surface area contributed by atoms with Crippen molar-refractivity contribution in [3.8, 4) is 11.5 Å². The molecule has 7 heteroatoms. The second-order valence-electron chi connectivity index (χ2n) is 6.86. The number of anilines is 1. The van der Waals surface area contributed by atoms with Gasteiger partial charge in [-0.2, -0.15) is 0 Å². The van der Waals surface area contributed by atoms with Crippen LogP contribution < -0.4 is 14.4 Å². The van der Waals surface area contributed by atoms with Crippen molar-refractivity contribution in [2.24, 2.45) is 0 Å². The van der Waals surface area contributed by atoms with E-state index in [0.29, 0.717) is 28.4 Å². The predicted molar refractivity (Wildman–Crippen MR) is 115 cm³/mol. The monoisotopic (exact) mass is 416 g/mol. The number of carbonyl (C=O) groups excluding carboxylic acids is 2. The Labute approximate surface area is 179 Å². The van der Waals surface area contributed by atoms with Gasteiger partial charge in [0.2, 0.25) is 0 Å². The molecule has 4 rings (SSSR count). The van der Waals surface area contributed by atoms with Gasteiger partial charge in [-0.25, -0.2) is 4.98 Å². The first-order chi connectivity index (χ1) is 15.0. The molecule has 7 nitrogen and oxygen atoms in total. The summed E-state index contributed by atoms with van der Waals surface area (Å²) in [7, 11) is 3.06. The SMILES string of the molecule is COc1ccc([C@H]2/C(=C(\O)c3cccc(OC)c3)C(=O)C(=O)N2c2ccccn2)cc1. The Kier molecular flexibility index (Phi) is 5.41. The topological polar surface area (TPSA) is 89.0 Å². The maximum absolute atomic E-state index is 13.1. The molecule has 0 saturated carbocycles. The number of rotatable bonds is 5. The van der Waals surface area contributed by atoms with Crippen molar-refractivity contribution in [2.45, 2.75) is 6.04 Å². The van der Waals surface area contributed by atoms with E-state index in [1.807, 2.05) is 0 Å². The highest BCUT2D eigenvalue weighted by molar-refractivity contribution is 6.51. The van der Waals surface area contributed by atoms with E-state index in [-0.39, 0.29) is 11.3 Å². The molecule has 1 fully saturated rings. The van der Waals surface area contributed by atoms with Crippen LogP contribution in [0.3, 0.4) is 0 Å². The van der Waals surface area contributed by atoms with E-state index in [9.17, 15) is 14.7 Å². The number of benzene rings is 2. The first kappa shape index (κ1) is 20.2. The minimum absolute atomic E-state index is 0.0194. The Morgan fingerprint density at radius 2 is 1.68 bits per heavy atom. The summed E-state index contributed by atoms with van der Waals surface area (Å²) in [5.41, 5.74) is 0.987. The fourth-order valence-electron chi connectivity index (χ4n) is 3.59. The molecular weight excluding hydrogens is 396 g/mol. The Bertz CT molecular complexity index is 1160. The van der Waals surface area contributed by atoms with Crippen LogP contribution in [-0.2, 0) is 9.59 Å². The van der Waals surface area contributed by atoms with E-state index >= 15 is 0 Å².